The minimum absolute atomic E-state index is 0.188. The number of fused-ring (bicyclic) bond motifs is 1. The van der Waals surface area contributed by atoms with Crippen molar-refractivity contribution >= 4 is 17.3 Å². The summed E-state index contributed by atoms with van der Waals surface area (Å²) >= 11 is 0. The van der Waals surface area contributed by atoms with Crippen LogP contribution in [0.15, 0.2) is 24.3 Å². The molecule has 1 saturated carbocycles. The van der Waals surface area contributed by atoms with Crippen molar-refractivity contribution in [3.63, 3.8) is 0 Å². The van der Waals surface area contributed by atoms with Crippen LogP contribution in [0.2, 0.25) is 0 Å². The number of ketones is 3. The van der Waals surface area contributed by atoms with Crippen LogP contribution in [-0.4, -0.2) is 28.1 Å². The molecule has 92 valence electrons. The Balaban J connectivity index is 2.13. The van der Waals surface area contributed by atoms with Gasteiger partial charge in [0, 0.05) is 17.5 Å². The molecule has 18 heavy (non-hydrogen) atoms. The number of carbonyl (C=O) groups is 3. The van der Waals surface area contributed by atoms with Gasteiger partial charge in [-0.05, 0) is 12.8 Å². The Bertz CT molecular complexity index is 538. The average Bonchev–Trinajstić information content (AvgIpc) is 2.89. The Labute approximate surface area is 104 Å². The number of hydrogen-bond donors (Lipinski definition) is 1. The Kier molecular flexibility index (Phi) is 2.25. The van der Waals surface area contributed by atoms with Crippen LogP contribution in [0.4, 0.5) is 0 Å². The van der Waals surface area contributed by atoms with E-state index in [1.807, 2.05) is 0 Å². The Hall–Kier alpha value is -1.81. The highest BCUT2D eigenvalue weighted by atomic mass is 16.3. The minimum atomic E-state index is -2.16. The van der Waals surface area contributed by atoms with E-state index >= 15 is 0 Å². The number of benzene rings is 1. The van der Waals surface area contributed by atoms with Crippen molar-refractivity contribution < 1.29 is 19.5 Å². The molecular formula is C14H12O4. The molecule has 4 nitrogen and oxygen atoms in total. The zero-order valence-electron chi connectivity index (χ0n) is 9.68. The third-order valence-electron chi connectivity index (χ3n) is 3.92. The molecule has 0 saturated heterocycles. The molecule has 0 bridgehead atoms. The summed E-state index contributed by atoms with van der Waals surface area (Å²) in [5.74, 6) is -2.30. The fraction of sp³-hybridized carbons (Fsp3) is 0.357. The molecule has 3 rings (SSSR count). The maximum atomic E-state index is 12.2. The molecule has 1 N–H and O–H groups in total. The van der Waals surface area contributed by atoms with Crippen molar-refractivity contribution in [2.24, 2.45) is 5.92 Å². The van der Waals surface area contributed by atoms with E-state index < -0.39 is 23.1 Å². The van der Waals surface area contributed by atoms with Crippen molar-refractivity contribution in [2.75, 3.05) is 0 Å². The summed E-state index contributed by atoms with van der Waals surface area (Å²) in [5, 5.41) is 10.5. The zero-order valence-corrected chi connectivity index (χ0v) is 9.68. The lowest BCUT2D eigenvalue weighted by atomic mass is 9.81. The van der Waals surface area contributed by atoms with Gasteiger partial charge in [0.1, 0.15) is 5.78 Å². The molecule has 0 aliphatic heterocycles. The number of aliphatic hydroxyl groups is 1. The van der Waals surface area contributed by atoms with Crippen molar-refractivity contribution in [1.82, 2.24) is 0 Å². The van der Waals surface area contributed by atoms with Crippen molar-refractivity contribution in [3.8, 4) is 0 Å². The molecule has 1 aromatic carbocycles. The number of hydrogen-bond acceptors (Lipinski definition) is 4. The lowest BCUT2D eigenvalue weighted by molar-refractivity contribution is -0.125. The van der Waals surface area contributed by atoms with Crippen LogP contribution in [0.1, 0.15) is 40.0 Å². The van der Waals surface area contributed by atoms with Gasteiger partial charge in [-0.1, -0.05) is 24.3 Å². The van der Waals surface area contributed by atoms with Crippen LogP contribution in [0, 0.1) is 5.92 Å². The van der Waals surface area contributed by atoms with Crippen LogP contribution in [0.25, 0.3) is 0 Å². The maximum absolute atomic E-state index is 12.2. The number of rotatable bonds is 1. The topological polar surface area (TPSA) is 71.4 Å². The summed E-state index contributed by atoms with van der Waals surface area (Å²) in [6.07, 6.45) is 1.37. The fourth-order valence-corrected chi connectivity index (χ4v) is 2.97. The van der Waals surface area contributed by atoms with E-state index in [0.29, 0.717) is 19.3 Å². The quantitative estimate of drug-likeness (QED) is 0.752. The molecule has 0 spiro atoms. The van der Waals surface area contributed by atoms with Gasteiger partial charge in [0.05, 0.1) is 5.92 Å². The van der Waals surface area contributed by atoms with Crippen LogP contribution < -0.4 is 0 Å². The number of carbonyl (C=O) groups excluding carboxylic acids is 3. The highest BCUT2D eigenvalue weighted by Crippen LogP contribution is 2.40. The Morgan fingerprint density at radius 1 is 1.06 bits per heavy atom. The van der Waals surface area contributed by atoms with E-state index in [4.69, 9.17) is 0 Å². The molecule has 0 radical (unpaired) electrons. The third-order valence-corrected chi connectivity index (χ3v) is 3.92. The first kappa shape index (κ1) is 11.3. The molecule has 2 aliphatic rings. The highest BCUT2D eigenvalue weighted by molar-refractivity contribution is 6.33. The summed E-state index contributed by atoms with van der Waals surface area (Å²) in [7, 11) is 0. The Morgan fingerprint density at radius 3 is 2.06 bits per heavy atom. The first-order valence-electron chi connectivity index (χ1n) is 6.00. The number of Topliss-reactive ketones (excluding diaryl/α,β-unsaturated/α-hetero) is 3. The normalized spacial score (nSPS) is 25.6. The van der Waals surface area contributed by atoms with Gasteiger partial charge in [-0.15, -0.1) is 0 Å². The lowest BCUT2D eigenvalue weighted by Crippen LogP contribution is -2.50. The smallest absolute Gasteiger partial charge is 0.203 e. The molecule has 4 heteroatoms. The average molecular weight is 244 g/mol. The maximum Gasteiger partial charge on any atom is 0.203 e. The van der Waals surface area contributed by atoms with E-state index in [0.717, 1.165) is 0 Å². The predicted octanol–water partition coefficient (Wildman–Crippen LogP) is 1.17. The van der Waals surface area contributed by atoms with Gasteiger partial charge in [-0.3, -0.25) is 14.4 Å². The van der Waals surface area contributed by atoms with E-state index in [-0.39, 0.29) is 16.9 Å². The Morgan fingerprint density at radius 2 is 1.61 bits per heavy atom. The molecule has 1 aromatic rings. The first-order chi connectivity index (χ1) is 8.56. The summed E-state index contributed by atoms with van der Waals surface area (Å²) in [6.45, 7) is 0. The second-order valence-electron chi connectivity index (χ2n) is 4.88. The molecule has 2 aliphatic carbocycles. The standard InChI is InChI=1S/C14H12O4/c15-11-7-3-6-10(11)14(18)12(16)8-4-1-2-5-9(8)13(14)17/h1-2,4-5,10,18H,3,6-7H2/t10-/m0/s1. The minimum Gasteiger partial charge on any atom is -0.373 e. The van der Waals surface area contributed by atoms with Crippen LogP contribution >= 0.6 is 0 Å². The van der Waals surface area contributed by atoms with Crippen molar-refractivity contribution in [2.45, 2.75) is 24.9 Å². The monoisotopic (exact) mass is 244 g/mol. The summed E-state index contributed by atoms with van der Waals surface area (Å²) in [5.41, 5.74) is -1.70. The van der Waals surface area contributed by atoms with E-state index in [1.54, 1.807) is 12.1 Å². The zero-order chi connectivity index (χ0) is 12.9. The van der Waals surface area contributed by atoms with E-state index in [1.165, 1.54) is 12.1 Å². The fourth-order valence-electron chi connectivity index (χ4n) is 2.97. The van der Waals surface area contributed by atoms with Gasteiger partial charge in [0.25, 0.3) is 0 Å². The summed E-state index contributed by atoms with van der Waals surface area (Å²) in [6, 6.07) is 6.33. The van der Waals surface area contributed by atoms with Crippen molar-refractivity contribution in [3.05, 3.63) is 35.4 Å². The summed E-state index contributed by atoms with van der Waals surface area (Å²) < 4.78 is 0. The van der Waals surface area contributed by atoms with Crippen molar-refractivity contribution in [1.29, 1.82) is 0 Å². The lowest BCUT2D eigenvalue weighted by Gasteiger charge is -2.24. The van der Waals surface area contributed by atoms with Gasteiger partial charge < -0.3 is 5.11 Å². The molecule has 1 atom stereocenters. The second-order valence-corrected chi connectivity index (χ2v) is 4.88. The summed E-state index contributed by atoms with van der Waals surface area (Å²) in [4.78, 5) is 36.2. The SMILES string of the molecule is O=C1CCC[C@@H]1C1(O)C(=O)c2ccccc2C1=O. The van der Waals surface area contributed by atoms with E-state index in [2.05, 4.69) is 0 Å². The molecular weight excluding hydrogens is 232 g/mol. The van der Waals surface area contributed by atoms with Crippen LogP contribution in [-0.2, 0) is 4.79 Å². The highest BCUT2D eigenvalue weighted by Gasteiger charge is 2.59. The van der Waals surface area contributed by atoms with Gasteiger partial charge in [-0.2, -0.15) is 0 Å². The van der Waals surface area contributed by atoms with Gasteiger partial charge in [-0.25, -0.2) is 0 Å². The predicted molar refractivity (Wildman–Crippen MR) is 62.4 cm³/mol. The molecule has 0 aromatic heterocycles. The third kappa shape index (κ3) is 1.21. The first-order valence-corrected chi connectivity index (χ1v) is 6.00. The largest absolute Gasteiger partial charge is 0.373 e. The van der Waals surface area contributed by atoms with Gasteiger partial charge in [0.2, 0.25) is 11.6 Å². The second kappa shape index (κ2) is 3.59. The molecule has 1 fully saturated rings. The van der Waals surface area contributed by atoms with Gasteiger partial charge >= 0.3 is 0 Å². The van der Waals surface area contributed by atoms with Crippen LogP contribution in [0.5, 0.6) is 0 Å². The molecule has 0 unspecified atom stereocenters. The van der Waals surface area contributed by atoms with Crippen LogP contribution in [0.3, 0.4) is 0 Å². The molecule has 0 heterocycles. The van der Waals surface area contributed by atoms with E-state index in [9.17, 15) is 19.5 Å². The molecule has 0 amide bonds. The van der Waals surface area contributed by atoms with Gasteiger partial charge in [0.15, 0.2) is 5.60 Å².